The van der Waals surface area contributed by atoms with Crippen LogP contribution in [0.25, 0.3) is 10.8 Å². The average molecular weight is 412 g/mol. The Morgan fingerprint density at radius 1 is 1.07 bits per heavy atom. The van der Waals surface area contributed by atoms with Crippen LogP contribution in [0.5, 0.6) is 0 Å². The number of rotatable bonds is 8. The van der Waals surface area contributed by atoms with Crippen molar-refractivity contribution < 1.29 is 9.53 Å². The third-order valence-corrected chi connectivity index (χ3v) is 5.28. The summed E-state index contributed by atoms with van der Waals surface area (Å²) in [5.74, 6) is 0.723. The SMILES string of the molecule is CCNC(=NCC(=O)NCCOC)N1CCN(Cc2cccc3ccccc23)CC1. The Morgan fingerprint density at radius 2 is 1.83 bits per heavy atom. The van der Waals surface area contributed by atoms with Crippen molar-refractivity contribution in [2.24, 2.45) is 4.99 Å². The van der Waals surface area contributed by atoms with Crippen molar-refractivity contribution in [3.05, 3.63) is 48.0 Å². The number of ether oxygens (including phenoxy) is 1. The van der Waals surface area contributed by atoms with Crippen LogP contribution in [0.2, 0.25) is 0 Å². The predicted molar refractivity (Wildman–Crippen MR) is 122 cm³/mol. The lowest BCUT2D eigenvalue weighted by Gasteiger charge is -2.36. The second-order valence-corrected chi connectivity index (χ2v) is 7.41. The number of benzene rings is 2. The van der Waals surface area contributed by atoms with Crippen molar-refractivity contribution in [1.29, 1.82) is 0 Å². The van der Waals surface area contributed by atoms with Gasteiger partial charge in [-0.05, 0) is 23.3 Å². The van der Waals surface area contributed by atoms with Gasteiger partial charge in [-0.2, -0.15) is 0 Å². The molecule has 0 bridgehead atoms. The minimum Gasteiger partial charge on any atom is -0.383 e. The van der Waals surface area contributed by atoms with Crippen LogP contribution in [-0.2, 0) is 16.1 Å². The molecule has 1 heterocycles. The van der Waals surface area contributed by atoms with E-state index in [-0.39, 0.29) is 12.5 Å². The molecule has 1 saturated heterocycles. The standard InChI is InChI=1S/C23H33N5O2/c1-3-24-23(26-17-22(29)25-11-16-30-2)28-14-12-27(13-15-28)18-20-9-6-8-19-7-4-5-10-21(19)20/h4-10H,3,11-18H2,1-2H3,(H,24,26)(H,25,29). The Bertz CT molecular complexity index is 841. The van der Waals surface area contributed by atoms with Crippen molar-refractivity contribution in [2.75, 3.05) is 59.5 Å². The molecule has 0 unspecified atom stereocenters. The van der Waals surface area contributed by atoms with Gasteiger partial charge in [0.05, 0.1) is 6.61 Å². The highest BCUT2D eigenvalue weighted by Gasteiger charge is 2.20. The number of carbonyl (C=O) groups excluding carboxylic acids is 1. The van der Waals surface area contributed by atoms with Gasteiger partial charge >= 0.3 is 0 Å². The molecule has 7 heteroatoms. The number of carbonyl (C=O) groups is 1. The second kappa shape index (κ2) is 11.5. The average Bonchev–Trinajstić information content (AvgIpc) is 2.78. The van der Waals surface area contributed by atoms with Crippen molar-refractivity contribution in [2.45, 2.75) is 13.5 Å². The van der Waals surface area contributed by atoms with Crippen LogP contribution in [-0.4, -0.2) is 81.2 Å². The summed E-state index contributed by atoms with van der Waals surface area (Å²) >= 11 is 0. The van der Waals surface area contributed by atoms with Crippen molar-refractivity contribution >= 4 is 22.6 Å². The molecule has 0 aromatic heterocycles. The molecular weight excluding hydrogens is 378 g/mol. The van der Waals surface area contributed by atoms with E-state index in [1.165, 1.54) is 16.3 Å². The summed E-state index contributed by atoms with van der Waals surface area (Å²) in [6.45, 7) is 8.63. The summed E-state index contributed by atoms with van der Waals surface area (Å²) in [7, 11) is 1.62. The molecule has 0 spiro atoms. The van der Waals surface area contributed by atoms with E-state index in [2.05, 4.69) is 67.9 Å². The predicted octanol–water partition coefficient (Wildman–Crippen LogP) is 1.69. The monoisotopic (exact) mass is 411 g/mol. The molecule has 0 radical (unpaired) electrons. The van der Waals surface area contributed by atoms with Gasteiger partial charge in [0.25, 0.3) is 0 Å². The number of nitrogens with one attached hydrogen (secondary N) is 2. The van der Waals surface area contributed by atoms with Crippen LogP contribution in [0.15, 0.2) is 47.5 Å². The first-order valence-electron chi connectivity index (χ1n) is 10.7. The maximum absolute atomic E-state index is 11.9. The first-order valence-corrected chi connectivity index (χ1v) is 10.7. The van der Waals surface area contributed by atoms with Gasteiger partial charge in [-0.3, -0.25) is 9.69 Å². The number of hydrogen-bond donors (Lipinski definition) is 2. The van der Waals surface area contributed by atoms with Gasteiger partial charge in [0.1, 0.15) is 6.54 Å². The number of aliphatic imine (C=N–C) groups is 1. The Kier molecular flexibility index (Phi) is 8.47. The van der Waals surface area contributed by atoms with Crippen LogP contribution >= 0.6 is 0 Å². The van der Waals surface area contributed by atoms with Gasteiger partial charge < -0.3 is 20.3 Å². The molecule has 1 aliphatic rings. The van der Waals surface area contributed by atoms with Crippen molar-refractivity contribution in [3.63, 3.8) is 0 Å². The summed E-state index contributed by atoms with van der Waals surface area (Å²) in [4.78, 5) is 21.2. The van der Waals surface area contributed by atoms with Crippen LogP contribution in [0, 0.1) is 0 Å². The van der Waals surface area contributed by atoms with Gasteiger partial charge in [0.15, 0.2) is 5.96 Å². The first kappa shape index (κ1) is 22.1. The summed E-state index contributed by atoms with van der Waals surface area (Å²) in [6.07, 6.45) is 0. The summed E-state index contributed by atoms with van der Waals surface area (Å²) < 4.78 is 4.95. The molecule has 3 rings (SSSR count). The van der Waals surface area contributed by atoms with E-state index in [0.717, 1.165) is 45.2 Å². The number of guanidine groups is 1. The highest BCUT2D eigenvalue weighted by atomic mass is 16.5. The Balaban J connectivity index is 1.54. The molecule has 7 nitrogen and oxygen atoms in total. The van der Waals surface area contributed by atoms with Crippen molar-refractivity contribution in [3.8, 4) is 0 Å². The Morgan fingerprint density at radius 3 is 2.60 bits per heavy atom. The van der Waals surface area contributed by atoms with E-state index >= 15 is 0 Å². The normalized spacial score (nSPS) is 15.4. The number of methoxy groups -OCH3 is 1. The lowest BCUT2D eigenvalue weighted by atomic mass is 10.0. The lowest BCUT2D eigenvalue weighted by molar-refractivity contribution is -0.119. The highest BCUT2D eigenvalue weighted by Crippen LogP contribution is 2.20. The quantitative estimate of drug-likeness (QED) is 0.393. The minimum atomic E-state index is -0.0861. The van der Waals surface area contributed by atoms with Gasteiger partial charge in [-0.1, -0.05) is 42.5 Å². The molecule has 2 aromatic rings. The molecule has 30 heavy (non-hydrogen) atoms. The highest BCUT2D eigenvalue weighted by molar-refractivity contribution is 5.86. The molecule has 2 aromatic carbocycles. The van der Waals surface area contributed by atoms with E-state index in [0.29, 0.717) is 13.2 Å². The maximum atomic E-state index is 11.9. The zero-order valence-electron chi connectivity index (χ0n) is 18.1. The molecule has 1 fully saturated rings. The molecule has 0 aliphatic carbocycles. The van der Waals surface area contributed by atoms with Gasteiger partial charge in [0.2, 0.25) is 5.91 Å². The Labute approximate surface area is 179 Å². The van der Waals surface area contributed by atoms with Gasteiger partial charge in [0, 0.05) is 52.9 Å². The van der Waals surface area contributed by atoms with Crippen LogP contribution < -0.4 is 10.6 Å². The van der Waals surface area contributed by atoms with Gasteiger partial charge in [-0.25, -0.2) is 4.99 Å². The first-order chi connectivity index (χ1) is 14.7. The molecule has 1 amide bonds. The fraction of sp³-hybridized carbons (Fsp3) is 0.478. The number of nitrogens with zero attached hydrogens (tertiary/aromatic N) is 3. The van der Waals surface area contributed by atoms with Crippen LogP contribution in [0.1, 0.15) is 12.5 Å². The maximum Gasteiger partial charge on any atom is 0.241 e. The molecular formula is C23H33N5O2. The largest absolute Gasteiger partial charge is 0.383 e. The Hall–Kier alpha value is -2.64. The fourth-order valence-electron chi connectivity index (χ4n) is 3.71. The lowest BCUT2D eigenvalue weighted by Crippen LogP contribution is -2.52. The summed E-state index contributed by atoms with van der Waals surface area (Å²) in [6, 6.07) is 15.1. The van der Waals surface area contributed by atoms with E-state index in [4.69, 9.17) is 4.74 Å². The molecule has 162 valence electrons. The zero-order valence-corrected chi connectivity index (χ0v) is 18.1. The van der Waals surface area contributed by atoms with Crippen molar-refractivity contribution in [1.82, 2.24) is 20.4 Å². The minimum absolute atomic E-state index is 0.0861. The van der Waals surface area contributed by atoms with E-state index in [1.54, 1.807) is 7.11 Å². The second-order valence-electron chi connectivity index (χ2n) is 7.41. The van der Waals surface area contributed by atoms with E-state index in [9.17, 15) is 4.79 Å². The number of piperazine rings is 1. The number of amides is 1. The molecule has 0 saturated carbocycles. The van der Waals surface area contributed by atoms with Crippen LogP contribution in [0.3, 0.4) is 0 Å². The van der Waals surface area contributed by atoms with Gasteiger partial charge in [-0.15, -0.1) is 0 Å². The van der Waals surface area contributed by atoms with E-state index < -0.39 is 0 Å². The third kappa shape index (κ3) is 6.18. The fourth-order valence-corrected chi connectivity index (χ4v) is 3.71. The number of hydrogen-bond acceptors (Lipinski definition) is 4. The smallest absolute Gasteiger partial charge is 0.241 e. The number of fused-ring (bicyclic) bond motifs is 1. The van der Waals surface area contributed by atoms with Crippen LogP contribution in [0.4, 0.5) is 0 Å². The summed E-state index contributed by atoms with van der Waals surface area (Å²) in [5.41, 5.74) is 1.37. The third-order valence-electron chi connectivity index (χ3n) is 5.28. The molecule has 1 aliphatic heterocycles. The topological polar surface area (TPSA) is 69.2 Å². The zero-order chi connectivity index (χ0) is 21.2. The molecule has 2 N–H and O–H groups in total. The molecule has 0 atom stereocenters. The summed E-state index contributed by atoms with van der Waals surface area (Å²) in [5, 5.41) is 8.74. The van der Waals surface area contributed by atoms with E-state index in [1.807, 2.05) is 6.92 Å².